The zero-order valence-electron chi connectivity index (χ0n) is 10.1. The summed E-state index contributed by atoms with van der Waals surface area (Å²) >= 11 is 0. The van der Waals surface area contributed by atoms with Crippen molar-refractivity contribution in [3.8, 4) is 5.75 Å². The Morgan fingerprint density at radius 1 is 1.59 bits per heavy atom. The van der Waals surface area contributed by atoms with Gasteiger partial charge in [-0.15, -0.1) is 0 Å². The van der Waals surface area contributed by atoms with E-state index in [-0.39, 0.29) is 25.0 Å². The Kier molecular flexibility index (Phi) is 4.78. The summed E-state index contributed by atoms with van der Waals surface area (Å²) in [6, 6.07) is 5.34. The van der Waals surface area contributed by atoms with E-state index in [1.165, 1.54) is 0 Å². The molecule has 0 radical (unpaired) electrons. The molecule has 1 aromatic rings. The van der Waals surface area contributed by atoms with E-state index in [1.54, 1.807) is 19.2 Å². The van der Waals surface area contributed by atoms with E-state index >= 15 is 0 Å². The number of methoxy groups -OCH3 is 1. The van der Waals surface area contributed by atoms with Crippen molar-refractivity contribution in [2.75, 3.05) is 12.4 Å². The van der Waals surface area contributed by atoms with Crippen LogP contribution in [0, 0.1) is 0 Å². The van der Waals surface area contributed by atoms with Gasteiger partial charge in [-0.3, -0.25) is 4.79 Å². The number of nitrogens with one attached hydrogen (secondary N) is 1. The molecule has 0 heterocycles. The van der Waals surface area contributed by atoms with Crippen LogP contribution in [0.4, 0.5) is 5.69 Å². The lowest BCUT2D eigenvalue weighted by Gasteiger charge is -2.15. The minimum Gasteiger partial charge on any atom is -0.496 e. The lowest BCUT2D eigenvalue weighted by molar-refractivity contribution is -0.118. The second-order valence-corrected chi connectivity index (χ2v) is 3.90. The monoisotopic (exact) mass is 238 g/mol. The van der Waals surface area contributed by atoms with Crippen LogP contribution in [-0.4, -0.2) is 24.2 Å². The Labute approximate surface area is 101 Å². The number of ether oxygens (including phenoxy) is 1. The number of rotatable bonds is 6. The summed E-state index contributed by atoms with van der Waals surface area (Å²) in [5.41, 5.74) is 6.63. The van der Waals surface area contributed by atoms with Gasteiger partial charge in [-0.05, 0) is 25.1 Å². The summed E-state index contributed by atoms with van der Waals surface area (Å²) in [5, 5.41) is 12.3. The molecule has 0 fully saturated rings. The second kappa shape index (κ2) is 6.10. The third-order valence-electron chi connectivity index (χ3n) is 2.37. The minimum atomic E-state index is -0.346. The standard InChI is InChI=1S/C12H18N2O3/c1-8(5-12(13)16)14-10-3-4-11(17-2)9(6-10)7-15/h3-4,6,8,14-15H,5,7H2,1-2H3,(H2,13,16). The van der Waals surface area contributed by atoms with Crippen molar-refractivity contribution < 1.29 is 14.6 Å². The Morgan fingerprint density at radius 3 is 2.82 bits per heavy atom. The van der Waals surface area contributed by atoms with E-state index in [0.29, 0.717) is 11.3 Å². The maximum absolute atomic E-state index is 10.7. The maximum atomic E-state index is 10.7. The Morgan fingerprint density at radius 2 is 2.29 bits per heavy atom. The molecule has 0 aliphatic rings. The van der Waals surface area contributed by atoms with Crippen molar-refractivity contribution in [2.24, 2.45) is 5.73 Å². The fraction of sp³-hybridized carbons (Fsp3) is 0.417. The van der Waals surface area contributed by atoms with E-state index in [1.807, 2.05) is 13.0 Å². The maximum Gasteiger partial charge on any atom is 0.219 e. The first-order valence-electron chi connectivity index (χ1n) is 5.39. The molecule has 0 saturated carbocycles. The summed E-state index contributed by atoms with van der Waals surface area (Å²) in [4.78, 5) is 10.7. The summed E-state index contributed by atoms with van der Waals surface area (Å²) in [7, 11) is 1.55. The molecule has 17 heavy (non-hydrogen) atoms. The fourth-order valence-corrected chi connectivity index (χ4v) is 1.63. The molecule has 5 nitrogen and oxygen atoms in total. The molecule has 1 aromatic carbocycles. The molecular formula is C12H18N2O3. The van der Waals surface area contributed by atoms with Gasteiger partial charge >= 0.3 is 0 Å². The van der Waals surface area contributed by atoms with Gasteiger partial charge in [-0.1, -0.05) is 0 Å². The van der Waals surface area contributed by atoms with Gasteiger partial charge in [0.1, 0.15) is 5.75 Å². The molecule has 1 rings (SSSR count). The highest BCUT2D eigenvalue weighted by Crippen LogP contribution is 2.23. The predicted molar refractivity (Wildman–Crippen MR) is 65.8 cm³/mol. The zero-order valence-corrected chi connectivity index (χ0v) is 10.1. The van der Waals surface area contributed by atoms with Crippen LogP contribution < -0.4 is 15.8 Å². The third kappa shape index (κ3) is 3.96. The Hall–Kier alpha value is -1.75. The Balaban J connectivity index is 2.75. The third-order valence-corrected chi connectivity index (χ3v) is 2.37. The first-order valence-corrected chi connectivity index (χ1v) is 5.39. The molecule has 0 aliphatic carbocycles. The first kappa shape index (κ1) is 13.3. The van der Waals surface area contributed by atoms with Gasteiger partial charge in [0, 0.05) is 23.7 Å². The van der Waals surface area contributed by atoms with Gasteiger partial charge < -0.3 is 20.9 Å². The highest BCUT2D eigenvalue weighted by Gasteiger charge is 2.08. The van der Waals surface area contributed by atoms with E-state index in [4.69, 9.17) is 10.5 Å². The summed E-state index contributed by atoms with van der Waals surface area (Å²) in [6.45, 7) is 1.77. The number of aliphatic hydroxyl groups is 1. The number of hydrogen-bond acceptors (Lipinski definition) is 4. The molecule has 0 aromatic heterocycles. The van der Waals surface area contributed by atoms with Crippen molar-refractivity contribution in [1.82, 2.24) is 0 Å². The molecule has 4 N–H and O–H groups in total. The van der Waals surface area contributed by atoms with E-state index < -0.39 is 0 Å². The van der Waals surface area contributed by atoms with Crippen molar-refractivity contribution in [3.63, 3.8) is 0 Å². The van der Waals surface area contributed by atoms with E-state index in [9.17, 15) is 9.90 Å². The highest BCUT2D eigenvalue weighted by molar-refractivity contribution is 5.74. The topological polar surface area (TPSA) is 84.6 Å². The predicted octanol–water partition coefficient (Wildman–Crippen LogP) is 0.863. The van der Waals surface area contributed by atoms with Crippen LogP contribution in [0.15, 0.2) is 18.2 Å². The summed E-state index contributed by atoms with van der Waals surface area (Å²) in [5.74, 6) is 0.293. The van der Waals surface area contributed by atoms with Gasteiger partial charge in [0.15, 0.2) is 0 Å². The fourth-order valence-electron chi connectivity index (χ4n) is 1.63. The minimum absolute atomic E-state index is 0.0487. The van der Waals surface area contributed by atoms with Gasteiger partial charge in [0.2, 0.25) is 5.91 Å². The molecule has 1 unspecified atom stereocenters. The van der Waals surface area contributed by atoms with Gasteiger partial charge in [0.05, 0.1) is 13.7 Å². The second-order valence-electron chi connectivity index (χ2n) is 3.90. The average Bonchev–Trinajstić information content (AvgIpc) is 2.27. The molecule has 0 spiro atoms. The van der Waals surface area contributed by atoms with E-state index in [2.05, 4.69) is 5.32 Å². The van der Waals surface area contributed by atoms with E-state index in [0.717, 1.165) is 5.69 Å². The number of aliphatic hydroxyl groups excluding tert-OH is 1. The summed E-state index contributed by atoms with van der Waals surface area (Å²) < 4.78 is 5.10. The van der Waals surface area contributed by atoms with Crippen LogP contribution in [-0.2, 0) is 11.4 Å². The van der Waals surface area contributed by atoms with Crippen LogP contribution in [0.2, 0.25) is 0 Å². The number of primary amides is 1. The number of nitrogens with two attached hydrogens (primary N) is 1. The number of amides is 1. The molecule has 94 valence electrons. The molecule has 1 atom stereocenters. The number of hydrogen-bond donors (Lipinski definition) is 3. The van der Waals surface area contributed by atoms with Crippen LogP contribution in [0.1, 0.15) is 18.9 Å². The van der Waals surface area contributed by atoms with Crippen molar-refractivity contribution in [2.45, 2.75) is 26.0 Å². The van der Waals surface area contributed by atoms with Crippen molar-refractivity contribution in [3.05, 3.63) is 23.8 Å². The van der Waals surface area contributed by atoms with Gasteiger partial charge in [0.25, 0.3) is 0 Å². The lowest BCUT2D eigenvalue weighted by atomic mass is 10.1. The van der Waals surface area contributed by atoms with Crippen LogP contribution >= 0.6 is 0 Å². The largest absolute Gasteiger partial charge is 0.496 e. The normalized spacial score (nSPS) is 11.9. The Bertz CT molecular complexity index is 393. The smallest absolute Gasteiger partial charge is 0.219 e. The molecule has 0 bridgehead atoms. The van der Waals surface area contributed by atoms with Crippen LogP contribution in [0.3, 0.4) is 0 Å². The molecular weight excluding hydrogens is 220 g/mol. The first-order chi connectivity index (χ1) is 8.06. The number of carbonyl (C=O) groups excluding carboxylic acids is 1. The summed E-state index contributed by atoms with van der Waals surface area (Å²) in [6.07, 6.45) is 0.264. The van der Waals surface area contributed by atoms with Crippen LogP contribution in [0.25, 0.3) is 0 Å². The average molecular weight is 238 g/mol. The number of carbonyl (C=O) groups is 1. The SMILES string of the molecule is COc1ccc(NC(C)CC(N)=O)cc1CO. The van der Waals surface area contributed by atoms with Crippen molar-refractivity contribution >= 4 is 11.6 Å². The highest BCUT2D eigenvalue weighted by atomic mass is 16.5. The lowest BCUT2D eigenvalue weighted by Crippen LogP contribution is -2.24. The molecule has 5 heteroatoms. The van der Waals surface area contributed by atoms with Crippen LogP contribution in [0.5, 0.6) is 5.75 Å². The number of anilines is 1. The molecule has 1 amide bonds. The van der Waals surface area contributed by atoms with Gasteiger partial charge in [-0.2, -0.15) is 0 Å². The number of benzene rings is 1. The van der Waals surface area contributed by atoms with Crippen molar-refractivity contribution in [1.29, 1.82) is 0 Å². The molecule has 0 saturated heterocycles. The zero-order chi connectivity index (χ0) is 12.8. The quantitative estimate of drug-likeness (QED) is 0.686. The molecule has 0 aliphatic heterocycles. The van der Waals surface area contributed by atoms with Gasteiger partial charge in [-0.25, -0.2) is 0 Å².